The van der Waals surface area contributed by atoms with E-state index in [9.17, 15) is 18.0 Å². The largest absolute Gasteiger partial charge is 0.453 e. The summed E-state index contributed by atoms with van der Waals surface area (Å²) >= 11 is 0. The molecule has 0 amide bonds. The zero-order valence-electron chi connectivity index (χ0n) is 16.4. The van der Waals surface area contributed by atoms with Gasteiger partial charge >= 0.3 is 0 Å². The second kappa shape index (κ2) is 8.16. The molecular weight excluding hydrogens is 383 g/mol. The van der Waals surface area contributed by atoms with Crippen LogP contribution in [0.5, 0.6) is 0 Å². The molecule has 29 heavy (non-hydrogen) atoms. The molecule has 3 rings (SSSR count). The van der Waals surface area contributed by atoms with Gasteiger partial charge in [0.05, 0.1) is 16.8 Å². The molecular formula is C21H22F3N3O2. The van der Waals surface area contributed by atoms with E-state index >= 15 is 0 Å². The monoisotopic (exact) mass is 405 g/mol. The van der Waals surface area contributed by atoms with Gasteiger partial charge in [0.2, 0.25) is 0 Å². The summed E-state index contributed by atoms with van der Waals surface area (Å²) in [6.07, 6.45) is 0.693. The maximum Gasteiger partial charge on any atom is 0.195 e. The standard InChI is InChI=1S/C21H22F3N3O2/c1-11-18(23)20(26-7-4-8-27(2)3)17-15(28)10-16(29-21(17)19(11)24)12-5-6-14(25)13(22)9-12/h5-6,9-10,26H,4,7-8,25H2,1-3H3. The van der Waals surface area contributed by atoms with Crippen molar-refractivity contribution in [2.45, 2.75) is 13.3 Å². The third-order valence-electron chi connectivity index (χ3n) is 4.64. The van der Waals surface area contributed by atoms with E-state index in [1.807, 2.05) is 19.0 Å². The van der Waals surface area contributed by atoms with Gasteiger partial charge in [-0.2, -0.15) is 0 Å². The molecule has 0 aliphatic heterocycles. The Morgan fingerprint density at radius 1 is 1.14 bits per heavy atom. The summed E-state index contributed by atoms with van der Waals surface area (Å²) in [6.45, 7) is 2.42. The van der Waals surface area contributed by atoms with Crippen LogP contribution in [0.25, 0.3) is 22.3 Å². The van der Waals surface area contributed by atoms with E-state index in [0.29, 0.717) is 13.0 Å². The number of anilines is 2. The average molecular weight is 405 g/mol. The van der Waals surface area contributed by atoms with E-state index in [1.165, 1.54) is 19.1 Å². The van der Waals surface area contributed by atoms with E-state index < -0.39 is 22.9 Å². The van der Waals surface area contributed by atoms with Crippen LogP contribution in [0.3, 0.4) is 0 Å². The van der Waals surface area contributed by atoms with E-state index in [-0.39, 0.29) is 39.2 Å². The molecule has 8 heteroatoms. The third kappa shape index (κ3) is 4.07. The van der Waals surface area contributed by atoms with Crippen LogP contribution in [-0.4, -0.2) is 32.1 Å². The third-order valence-corrected chi connectivity index (χ3v) is 4.64. The summed E-state index contributed by atoms with van der Waals surface area (Å²) in [5.74, 6) is -2.53. The smallest absolute Gasteiger partial charge is 0.195 e. The van der Waals surface area contributed by atoms with E-state index in [1.54, 1.807) is 0 Å². The summed E-state index contributed by atoms with van der Waals surface area (Å²) in [6, 6.07) is 4.96. The molecule has 1 aromatic heterocycles. The minimum Gasteiger partial charge on any atom is -0.453 e. The number of benzene rings is 2. The van der Waals surface area contributed by atoms with Crippen molar-refractivity contribution in [3.8, 4) is 11.3 Å². The number of halogens is 3. The van der Waals surface area contributed by atoms with Crippen molar-refractivity contribution in [1.29, 1.82) is 0 Å². The molecule has 0 saturated carbocycles. The van der Waals surface area contributed by atoms with Crippen LogP contribution in [0.2, 0.25) is 0 Å². The summed E-state index contributed by atoms with van der Waals surface area (Å²) in [4.78, 5) is 14.7. The predicted molar refractivity (Wildman–Crippen MR) is 109 cm³/mol. The Labute approximate surface area is 165 Å². The number of rotatable bonds is 6. The van der Waals surface area contributed by atoms with Crippen LogP contribution in [-0.2, 0) is 0 Å². The number of nitrogen functional groups attached to an aromatic ring is 1. The van der Waals surface area contributed by atoms with Crippen molar-refractivity contribution < 1.29 is 17.6 Å². The zero-order chi connectivity index (χ0) is 21.3. The molecule has 154 valence electrons. The quantitative estimate of drug-likeness (QED) is 0.477. The molecule has 0 atom stereocenters. The van der Waals surface area contributed by atoms with Gasteiger partial charge in [-0.05, 0) is 52.2 Å². The van der Waals surface area contributed by atoms with E-state index in [2.05, 4.69) is 5.32 Å². The fraction of sp³-hybridized carbons (Fsp3) is 0.286. The molecule has 0 fully saturated rings. The second-order valence-electron chi connectivity index (χ2n) is 7.13. The van der Waals surface area contributed by atoms with Crippen LogP contribution in [0.15, 0.2) is 33.5 Å². The van der Waals surface area contributed by atoms with Gasteiger partial charge in [-0.25, -0.2) is 13.2 Å². The first-order chi connectivity index (χ1) is 13.7. The maximum absolute atomic E-state index is 14.8. The van der Waals surface area contributed by atoms with Gasteiger partial charge in [0.1, 0.15) is 11.6 Å². The first-order valence-electron chi connectivity index (χ1n) is 9.10. The van der Waals surface area contributed by atoms with Crippen LogP contribution in [0.4, 0.5) is 24.5 Å². The molecule has 0 radical (unpaired) electrons. The number of fused-ring (bicyclic) bond motifs is 1. The Morgan fingerprint density at radius 2 is 1.86 bits per heavy atom. The molecule has 0 spiro atoms. The Bertz CT molecular complexity index is 1130. The van der Waals surface area contributed by atoms with Crippen LogP contribution < -0.4 is 16.5 Å². The lowest BCUT2D eigenvalue weighted by atomic mass is 10.1. The maximum atomic E-state index is 14.8. The molecule has 2 aromatic carbocycles. The molecule has 0 saturated heterocycles. The summed E-state index contributed by atoms with van der Waals surface area (Å²) in [5.41, 5.74) is 4.25. The van der Waals surface area contributed by atoms with Gasteiger partial charge < -0.3 is 20.4 Å². The highest BCUT2D eigenvalue weighted by Gasteiger charge is 2.22. The molecule has 3 N–H and O–H groups in total. The van der Waals surface area contributed by atoms with Crippen molar-refractivity contribution in [3.05, 3.63) is 57.5 Å². The van der Waals surface area contributed by atoms with Gasteiger partial charge in [0.15, 0.2) is 22.6 Å². The lowest BCUT2D eigenvalue weighted by Gasteiger charge is -2.15. The lowest BCUT2D eigenvalue weighted by Crippen LogP contribution is -2.18. The summed E-state index contributed by atoms with van der Waals surface area (Å²) in [5, 5.41) is 2.68. The lowest BCUT2D eigenvalue weighted by molar-refractivity contribution is 0.405. The topological polar surface area (TPSA) is 71.5 Å². The molecule has 0 unspecified atom stereocenters. The van der Waals surface area contributed by atoms with Crippen molar-refractivity contribution in [2.75, 3.05) is 38.2 Å². The molecule has 0 aliphatic rings. The molecule has 0 aliphatic carbocycles. The Balaban J connectivity index is 2.13. The van der Waals surface area contributed by atoms with E-state index in [0.717, 1.165) is 18.7 Å². The fourth-order valence-electron chi connectivity index (χ4n) is 3.05. The first-order valence-corrected chi connectivity index (χ1v) is 9.10. The minimum atomic E-state index is -0.966. The highest BCUT2D eigenvalue weighted by molar-refractivity contribution is 5.92. The number of hydrogen-bond donors (Lipinski definition) is 2. The average Bonchev–Trinajstić information content (AvgIpc) is 2.67. The first kappa shape index (κ1) is 20.7. The van der Waals surface area contributed by atoms with Crippen LogP contribution in [0, 0.1) is 24.4 Å². The van der Waals surface area contributed by atoms with Crippen LogP contribution >= 0.6 is 0 Å². The number of nitrogens with two attached hydrogens (primary N) is 1. The molecule has 1 heterocycles. The van der Waals surface area contributed by atoms with Gasteiger partial charge in [0, 0.05) is 23.7 Å². The molecule has 3 aromatic rings. The van der Waals surface area contributed by atoms with Crippen molar-refractivity contribution >= 4 is 22.3 Å². The summed E-state index contributed by atoms with van der Waals surface area (Å²) < 4.78 is 48.8. The number of nitrogens with one attached hydrogen (secondary N) is 1. The number of hydrogen-bond acceptors (Lipinski definition) is 5. The van der Waals surface area contributed by atoms with Crippen LogP contribution in [0.1, 0.15) is 12.0 Å². The zero-order valence-corrected chi connectivity index (χ0v) is 16.4. The van der Waals surface area contributed by atoms with Crippen molar-refractivity contribution in [3.63, 3.8) is 0 Å². The molecule has 5 nitrogen and oxygen atoms in total. The van der Waals surface area contributed by atoms with Gasteiger partial charge in [-0.1, -0.05) is 0 Å². The van der Waals surface area contributed by atoms with Crippen molar-refractivity contribution in [1.82, 2.24) is 4.90 Å². The van der Waals surface area contributed by atoms with Crippen molar-refractivity contribution in [2.24, 2.45) is 0 Å². The Kier molecular flexibility index (Phi) is 5.83. The molecule has 0 bridgehead atoms. The Hall–Kier alpha value is -3.00. The predicted octanol–water partition coefficient (Wildman–Crippen LogP) is 4.13. The highest BCUT2D eigenvalue weighted by atomic mass is 19.1. The fourth-order valence-corrected chi connectivity index (χ4v) is 3.05. The van der Waals surface area contributed by atoms with Gasteiger partial charge in [0.25, 0.3) is 0 Å². The van der Waals surface area contributed by atoms with Gasteiger partial charge in [-0.15, -0.1) is 0 Å². The van der Waals surface area contributed by atoms with Gasteiger partial charge in [-0.3, -0.25) is 4.79 Å². The van der Waals surface area contributed by atoms with E-state index in [4.69, 9.17) is 10.2 Å². The second-order valence-corrected chi connectivity index (χ2v) is 7.13. The minimum absolute atomic E-state index is 0.0372. The normalized spacial score (nSPS) is 11.4. The summed E-state index contributed by atoms with van der Waals surface area (Å²) in [7, 11) is 3.82. The Morgan fingerprint density at radius 3 is 2.52 bits per heavy atom. The number of nitrogens with zero attached hydrogens (tertiary/aromatic N) is 1. The highest BCUT2D eigenvalue weighted by Crippen LogP contribution is 2.33. The SMILES string of the molecule is Cc1c(F)c(NCCCN(C)C)c2c(=O)cc(-c3ccc(N)c(F)c3)oc2c1F.